The van der Waals surface area contributed by atoms with Crippen LogP contribution in [-0.4, -0.2) is 55.6 Å². The monoisotopic (exact) mass is 549 g/mol. The van der Waals surface area contributed by atoms with Crippen LogP contribution in [0.4, 0.5) is 0 Å². The number of fused-ring (bicyclic) bond motifs is 1. The molecule has 0 aliphatic rings. The molecular formula is C26H29Cl2N3O4S. The molecule has 3 aromatic carbocycles. The van der Waals surface area contributed by atoms with Gasteiger partial charge in [-0.15, -0.1) is 0 Å². The van der Waals surface area contributed by atoms with E-state index >= 15 is 0 Å². The molecule has 192 valence electrons. The standard InChI is InChI=1S/C26H29Cl2N3O4S/c1-4-24(26(33)29-5-2)31(16-21-22(27)11-8-12-23(21)28)25(32)17-30(3)36(34,35)20-14-13-18-9-6-7-10-19(18)15-20/h6-15,24H,4-5,16-17H2,1-3H3,(H,29,33). The van der Waals surface area contributed by atoms with Crippen LogP contribution >= 0.6 is 23.2 Å². The summed E-state index contributed by atoms with van der Waals surface area (Å²) >= 11 is 12.7. The average Bonchev–Trinajstić information content (AvgIpc) is 2.85. The molecule has 2 amide bonds. The number of carbonyl (C=O) groups excluding carboxylic acids is 2. The number of benzene rings is 3. The van der Waals surface area contributed by atoms with E-state index in [2.05, 4.69) is 5.32 Å². The molecule has 7 nitrogen and oxygen atoms in total. The Morgan fingerprint density at radius 2 is 1.58 bits per heavy atom. The van der Waals surface area contributed by atoms with Gasteiger partial charge in [-0.25, -0.2) is 8.42 Å². The number of carbonyl (C=O) groups is 2. The van der Waals surface area contributed by atoms with E-state index in [1.807, 2.05) is 24.3 Å². The Morgan fingerprint density at radius 1 is 0.944 bits per heavy atom. The van der Waals surface area contributed by atoms with Crippen LogP contribution in [0.5, 0.6) is 0 Å². The number of hydrogen-bond donors (Lipinski definition) is 1. The van der Waals surface area contributed by atoms with Crippen LogP contribution in [0, 0.1) is 0 Å². The van der Waals surface area contributed by atoms with Crippen LogP contribution in [0.1, 0.15) is 25.8 Å². The summed E-state index contributed by atoms with van der Waals surface area (Å²) < 4.78 is 27.6. The van der Waals surface area contributed by atoms with Gasteiger partial charge in [-0.05, 0) is 48.4 Å². The predicted molar refractivity (Wildman–Crippen MR) is 144 cm³/mol. The van der Waals surface area contributed by atoms with Crippen LogP contribution in [0.2, 0.25) is 10.0 Å². The van der Waals surface area contributed by atoms with Gasteiger partial charge in [-0.3, -0.25) is 9.59 Å². The fourth-order valence-corrected chi connectivity index (χ4v) is 5.61. The van der Waals surface area contributed by atoms with Crippen LogP contribution in [0.25, 0.3) is 10.8 Å². The highest BCUT2D eigenvalue weighted by Crippen LogP contribution is 2.27. The van der Waals surface area contributed by atoms with E-state index in [1.54, 1.807) is 44.2 Å². The van der Waals surface area contributed by atoms with E-state index in [0.717, 1.165) is 15.1 Å². The lowest BCUT2D eigenvalue weighted by atomic mass is 10.1. The largest absolute Gasteiger partial charge is 0.355 e. The number of likely N-dealkylation sites (N-methyl/N-ethyl adjacent to an activating group) is 2. The first-order valence-corrected chi connectivity index (χ1v) is 13.7. The fraction of sp³-hybridized carbons (Fsp3) is 0.308. The van der Waals surface area contributed by atoms with E-state index in [4.69, 9.17) is 23.2 Å². The van der Waals surface area contributed by atoms with Crippen molar-refractivity contribution in [2.24, 2.45) is 0 Å². The van der Waals surface area contributed by atoms with Gasteiger partial charge < -0.3 is 10.2 Å². The molecule has 10 heteroatoms. The number of halogens is 2. The third-order valence-corrected chi connectivity index (χ3v) is 8.42. The van der Waals surface area contributed by atoms with Crippen molar-refractivity contribution in [2.75, 3.05) is 20.1 Å². The molecule has 1 atom stereocenters. The molecule has 3 rings (SSSR count). The van der Waals surface area contributed by atoms with Crippen molar-refractivity contribution in [3.63, 3.8) is 0 Å². The predicted octanol–water partition coefficient (Wildman–Crippen LogP) is 4.71. The Bertz CT molecular complexity index is 1340. The summed E-state index contributed by atoms with van der Waals surface area (Å²) in [5, 5.41) is 5.12. The van der Waals surface area contributed by atoms with Crippen molar-refractivity contribution in [2.45, 2.75) is 37.8 Å². The maximum absolute atomic E-state index is 13.5. The number of sulfonamides is 1. The van der Waals surface area contributed by atoms with Crippen molar-refractivity contribution in [1.29, 1.82) is 0 Å². The van der Waals surface area contributed by atoms with E-state index < -0.39 is 28.5 Å². The van der Waals surface area contributed by atoms with Crippen LogP contribution in [0.3, 0.4) is 0 Å². The molecule has 0 spiro atoms. The molecule has 0 aromatic heterocycles. The van der Waals surface area contributed by atoms with Gasteiger partial charge in [0.15, 0.2) is 0 Å². The molecule has 0 saturated carbocycles. The zero-order chi connectivity index (χ0) is 26.5. The Morgan fingerprint density at radius 3 is 2.19 bits per heavy atom. The normalized spacial score (nSPS) is 12.5. The highest BCUT2D eigenvalue weighted by Gasteiger charge is 2.32. The maximum atomic E-state index is 13.5. The van der Waals surface area contributed by atoms with Crippen LogP contribution in [-0.2, 0) is 26.2 Å². The SMILES string of the molecule is CCNC(=O)C(CC)N(Cc1c(Cl)cccc1Cl)C(=O)CN(C)S(=O)(=O)c1ccc2ccccc2c1. The minimum Gasteiger partial charge on any atom is -0.355 e. The zero-order valence-corrected chi connectivity index (χ0v) is 22.7. The Labute approximate surface area is 222 Å². The molecule has 0 aliphatic carbocycles. The lowest BCUT2D eigenvalue weighted by Crippen LogP contribution is -2.51. The van der Waals surface area contributed by atoms with E-state index in [-0.39, 0.29) is 17.3 Å². The third-order valence-electron chi connectivity index (χ3n) is 5.91. The smallest absolute Gasteiger partial charge is 0.243 e. The lowest BCUT2D eigenvalue weighted by molar-refractivity contribution is -0.141. The van der Waals surface area contributed by atoms with Gasteiger partial charge in [-0.2, -0.15) is 4.31 Å². The van der Waals surface area contributed by atoms with Crippen molar-refractivity contribution in [3.05, 3.63) is 76.3 Å². The van der Waals surface area contributed by atoms with E-state index in [1.165, 1.54) is 18.0 Å². The van der Waals surface area contributed by atoms with Crippen molar-refractivity contribution in [1.82, 2.24) is 14.5 Å². The molecular weight excluding hydrogens is 521 g/mol. The Kier molecular flexibility index (Phi) is 9.35. The highest BCUT2D eigenvalue weighted by molar-refractivity contribution is 7.89. The summed E-state index contributed by atoms with van der Waals surface area (Å²) in [5.41, 5.74) is 0.483. The first-order chi connectivity index (χ1) is 17.1. The van der Waals surface area contributed by atoms with Crippen LogP contribution < -0.4 is 5.32 Å². The molecule has 0 radical (unpaired) electrons. The van der Waals surface area contributed by atoms with Crippen molar-refractivity contribution >= 4 is 55.8 Å². The van der Waals surface area contributed by atoms with Gasteiger partial charge in [0, 0.05) is 35.7 Å². The maximum Gasteiger partial charge on any atom is 0.243 e. The van der Waals surface area contributed by atoms with Gasteiger partial charge >= 0.3 is 0 Å². The summed E-state index contributed by atoms with van der Waals surface area (Å²) in [6.45, 7) is 3.44. The van der Waals surface area contributed by atoms with Gasteiger partial charge in [-0.1, -0.05) is 66.5 Å². The van der Waals surface area contributed by atoms with Gasteiger partial charge in [0.05, 0.1) is 11.4 Å². The first-order valence-electron chi connectivity index (χ1n) is 11.5. The minimum atomic E-state index is -3.98. The molecule has 36 heavy (non-hydrogen) atoms. The van der Waals surface area contributed by atoms with E-state index in [9.17, 15) is 18.0 Å². The number of nitrogens with one attached hydrogen (secondary N) is 1. The van der Waals surface area contributed by atoms with E-state index in [0.29, 0.717) is 28.6 Å². The summed E-state index contributed by atoms with van der Waals surface area (Å²) in [6.07, 6.45) is 0.320. The highest BCUT2D eigenvalue weighted by atomic mass is 35.5. The molecule has 0 heterocycles. The summed E-state index contributed by atoms with van der Waals surface area (Å²) in [6, 6.07) is 16.4. The second-order valence-corrected chi connectivity index (χ2v) is 11.2. The third kappa shape index (κ3) is 6.18. The average molecular weight is 551 g/mol. The Hall–Kier alpha value is -2.65. The first kappa shape index (κ1) is 27.9. The number of hydrogen-bond acceptors (Lipinski definition) is 4. The molecule has 0 aliphatic heterocycles. The Balaban J connectivity index is 1.92. The second-order valence-electron chi connectivity index (χ2n) is 8.31. The fourth-order valence-electron chi connectivity index (χ4n) is 3.94. The molecule has 3 aromatic rings. The van der Waals surface area contributed by atoms with Gasteiger partial charge in [0.25, 0.3) is 0 Å². The summed E-state index contributed by atoms with van der Waals surface area (Å²) in [7, 11) is -2.63. The van der Waals surface area contributed by atoms with Gasteiger partial charge in [0.1, 0.15) is 6.04 Å². The number of nitrogens with zero attached hydrogens (tertiary/aromatic N) is 2. The summed E-state index contributed by atoms with van der Waals surface area (Å²) in [4.78, 5) is 27.8. The lowest BCUT2D eigenvalue weighted by Gasteiger charge is -2.32. The molecule has 1 N–H and O–H groups in total. The quantitative estimate of drug-likeness (QED) is 0.396. The van der Waals surface area contributed by atoms with Crippen LogP contribution in [0.15, 0.2) is 65.6 Å². The van der Waals surface area contributed by atoms with Crippen molar-refractivity contribution in [3.8, 4) is 0 Å². The number of rotatable bonds is 10. The zero-order valence-electron chi connectivity index (χ0n) is 20.4. The molecule has 0 fully saturated rings. The van der Waals surface area contributed by atoms with Crippen molar-refractivity contribution < 1.29 is 18.0 Å². The minimum absolute atomic E-state index is 0.0448. The number of amides is 2. The van der Waals surface area contributed by atoms with Gasteiger partial charge in [0.2, 0.25) is 21.8 Å². The molecule has 0 saturated heterocycles. The topological polar surface area (TPSA) is 86.8 Å². The summed E-state index contributed by atoms with van der Waals surface area (Å²) in [5.74, 6) is -0.882. The second kappa shape index (κ2) is 12.1. The molecule has 1 unspecified atom stereocenters. The molecule has 0 bridgehead atoms.